The number of para-hydroxylation sites is 1. The van der Waals surface area contributed by atoms with E-state index in [2.05, 4.69) is 0 Å². The van der Waals surface area contributed by atoms with Gasteiger partial charge in [0, 0.05) is 25.3 Å². The van der Waals surface area contributed by atoms with E-state index in [1.54, 1.807) is 0 Å². The van der Waals surface area contributed by atoms with Gasteiger partial charge in [-0.1, -0.05) is 30.3 Å². The Balaban J connectivity index is 2.00. The van der Waals surface area contributed by atoms with Gasteiger partial charge in [-0.25, -0.2) is 0 Å². The number of carbonyl (C=O) groups is 1. The standard InChI is InChI=1S/C16H15NO2/c1-17(2)12-9-7-11(8-10-12)15-13-5-3-4-6-14(13)19-16(15)18/h3-10,15H,1-2H3. The summed E-state index contributed by atoms with van der Waals surface area (Å²) >= 11 is 0. The van der Waals surface area contributed by atoms with Gasteiger partial charge in [0.1, 0.15) is 11.7 Å². The minimum atomic E-state index is -0.299. The van der Waals surface area contributed by atoms with Gasteiger partial charge in [0.25, 0.3) is 0 Å². The first-order valence-corrected chi connectivity index (χ1v) is 6.25. The molecule has 0 amide bonds. The summed E-state index contributed by atoms with van der Waals surface area (Å²) in [6, 6.07) is 15.6. The molecule has 2 aromatic carbocycles. The second-order valence-electron chi connectivity index (χ2n) is 4.88. The van der Waals surface area contributed by atoms with Gasteiger partial charge in [-0.3, -0.25) is 4.79 Å². The average molecular weight is 253 g/mol. The van der Waals surface area contributed by atoms with Gasteiger partial charge in [-0.05, 0) is 23.8 Å². The maximum atomic E-state index is 12.0. The van der Waals surface area contributed by atoms with E-state index in [0.29, 0.717) is 5.75 Å². The molecule has 0 saturated carbocycles. The second kappa shape index (κ2) is 4.43. The van der Waals surface area contributed by atoms with Gasteiger partial charge in [0.2, 0.25) is 0 Å². The molecule has 1 atom stereocenters. The molecule has 0 aromatic heterocycles. The highest BCUT2D eigenvalue weighted by atomic mass is 16.5. The first-order chi connectivity index (χ1) is 9.16. The monoisotopic (exact) mass is 253 g/mol. The van der Waals surface area contributed by atoms with Crippen LogP contribution in [0.2, 0.25) is 0 Å². The normalized spacial score (nSPS) is 16.9. The van der Waals surface area contributed by atoms with Crippen LogP contribution in [0.15, 0.2) is 48.5 Å². The summed E-state index contributed by atoms with van der Waals surface area (Å²) in [7, 11) is 3.99. The van der Waals surface area contributed by atoms with Crippen molar-refractivity contribution < 1.29 is 9.53 Å². The summed E-state index contributed by atoms with van der Waals surface area (Å²) in [5.74, 6) is 0.181. The number of ether oxygens (including phenoxy) is 1. The fraction of sp³-hybridized carbons (Fsp3) is 0.188. The third-order valence-corrected chi connectivity index (χ3v) is 3.42. The Bertz CT molecular complexity index is 617. The van der Waals surface area contributed by atoms with E-state index in [-0.39, 0.29) is 11.9 Å². The zero-order chi connectivity index (χ0) is 13.4. The molecule has 1 aliphatic heterocycles. The molecule has 0 saturated heterocycles. The van der Waals surface area contributed by atoms with Crippen LogP contribution < -0.4 is 9.64 Å². The number of benzene rings is 2. The van der Waals surface area contributed by atoms with Crippen molar-refractivity contribution in [3.05, 3.63) is 59.7 Å². The van der Waals surface area contributed by atoms with E-state index in [4.69, 9.17) is 4.74 Å². The van der Waals surface area contributed by atoms with Crippen LogP contribution in [0.3, 0.4) is 0 Å². The van der Waals surface area contributed by atoms with Crippen LogP contribution >= 0.6 is 0 Å². The summed E-state index contributed by atoms with van der Waals surface area (Å²) in [5.41, 5.74) is 3.04. The van der Waals surface area contributed by atoms with Gasteiger partial charge in [-0.2, -0.15) is 0 Å². The van der Waals surface area contributed by atoms with Gasteiger partial charge in [-0.15, -0.1) is 0 Å². The predicted molar refractivity (Wildman–Crippen MR) is 74.7 cm³/mol. The molecule has 0 bridgehead atoms. The molecular formula is C16H15NO2. The Morgan fingerprint density at radius 2 is 1.68 bits per heavy atom. The first-order valence-electron chi connectivity index (χ1n) is 6.25. The maximum absolute atomic E-state index is 12.0. The van der Waals surface area contributed by atoms with Crippen molar-refractivity contribution in [2.75, 3.05) is 19.0 Å². The number of anilines is 1. The van der Waals surface area contributed by atoms with Crippen molar-refractivity contribution >= 4 is 11.7 Å². The van der Waals surface area contributed by atoms with E-state index in [1.807, 2.05) is 67.5 Å². The van der Waals surface area contributed by atoms with E-state index in [9.17, 15) is 4.79 Å². The molecule has 0 radical (unpaired) electrons. The molecule has 0 fully saturated rings. The largest absolute Gasteiger partial charge is 0.425 e. The lowest BCUT2D eigenvalue weighted by Gasteiger charge is -2.14. The Labute approximate surface area is 112 Å². The molecule has 96 valence electrons. The van der Waals surface area contributed by atoms with Gasteiger partial charge in [0.15, 0.2) is 0 Å². The zero-order valence-corrected chi connectivity index (χ0v) is 11.0. The molecule has 1 unspecified atom stereocenters. The van der Waals surface area contributed by atoms with E-state index < -0.39 is 0 Å². The van der Waals surface area contributed by atoms with Gasteiger partial charge in [0.05, 0.1) is 0 Å². The number of carbonyl (C=O) groups excluding carboxylic acids is 1. The number of fused-ring (bicyclic) bond motifs is 1. The molecule has 0 N–H and O–H groups in total. The van der Waals surface area contributed by atoms with Crippen molar-refractivity contribution in [3.8, 4) is 5.75 Å². The Kier molecular flexibility index (Phi) is 2.75. The van der Waals surface area contributed by atoms with Crippen molar-refractivity contribution in [1.82, 2.24) is 0 Å². The van der Waals surface area contributed by atoms with Crippen LogP contribution in [0.5, 0.6) is 5.75 Å². The Hall–Kier alpha value is -2.29. The van der Waals surface area contributed by atoms with Crippen molar-refractivity contribution in [3.63, 3.8) is 0 Å². The number of esters is 1. The third-order valence-electron chi connectivity index (χ3n) is 3.42. The molecule has 3 rings (SSSR count). The average Bonchev–Trinajstić information content (AvgIpc) is 2.74. The quantitative estimate of drug-likeness (QED) is 0.609. The Morgan fingerprint density at radius 3 is 2.37 bits per heavy atom. The summed E-state index contributed by atoms with van der Waals surface area (Å²) < 4.78 is 5.30. The molecule has 3 nitrogen and oxygen atoms in total. The lowest BCUT2D eigenvalue weighted by Crippen LogP contribution is -2.12. The molecule has 3 heteroatoms. The van der Waals surface area contributed by atoms with Crippen LogP contribution in [0.1, 0.15) is 17.0 Å². The van der Waals surface area contributed by atoms with Crippen LogP contribution in [0, 0.1) is 0 Å². The number of hydrogen-bond acceptors (Lipinski definition) is 3. The number of rotatable bonds is 2. The summed E-state index contributed by atoms with van der Waals surface area (Å²) in [6.45, 7) is 0. The number of hydrogen-bond donors (Lipinski definition) is 0. The van der Waals surface area contributed by atoms with E-state index in [1.165, 1.54) is 0 Å². The van der Waals surface area contributed by atoms with Crippen molar-refractivity contribution in [2.24, 2.45) is 0 Å². The molecule has 0 aliphatic carbocycles. The van der Waals surface area contributed by atoms with Crippen LogP contribution in [0.4, 0.5) is 5.69 Å². The van der Waals surface area contributed by atoms with Crippen molar-refractivity contribution in [2.45, 2.75) is 5.92 Å². The van der Waals surface area contributed by atoms with Gasteiger partial charge >= 0.3 is 5.97 Å². The summed E-state index contributed by atoms with van der Waals surface area (Å²) in [6.07, 6.45) is 0. The van der Waals surface area contributed by atoms with E-state index in [0.717, 1.165) is 16.8 Å². The fourth-order valence-corrected chi connectivity index (χ4v) is 2.39. The maximum Gasteiger partial charge on any atom is 0.323 e. The summed E-state index contributed by atoms with van der Waals surface area (Å²) in [4.78, 5) is 14.1. The van der Waals surface area contributed by atoms with Crippen LogP contribution in [-0.2, 0) is 4.79 Å². The lowest BCUT2D eigenvalue weighted by atomic mass is 9.92. The highest BCUT2D eigenvalue weighted by molar-refractivity contribution is 5.89. The van der Waals surface area contributed by atoms with Crippen molar-refractivity contribution in [1.29, 1.82) is 0 Å². The molecule has 2 aromatic rings. The molecule has 19 heavy (non-hydrogen) atoms. The topological polar surface area (TPSA) is 29.5 Å². The molecular weight excluding hydrogens is 238 g/mol. The fourth-order valence-electron chi connectivity index (χ4n) is 2.39. The minimum absolute atomic E-state index is 0.196. The van der Waals surface area contributed by atoms with Gasteiger partial charge < -0.3 is 9.64 Å². The summed E-state index contributed by atoms with van der Waals surface area (Å²) in [5, 5.41) is 0. The predicted octanol–water partition coefficient (Wildman–Crippen LogP) is 2.80. The van der Waals surface area contributed by atoms with Crippen LogP contribution in [-0.4, -0.2) is 20.1 Å². The molecule has 0 spiro atoms. The van der Waals surface area contributed by atoms with Crippen LogP contribution in [0.25, 0.3) is 0 Å². The minimum Gasteiger partial charge on any atom is -0.425 e. The third kappa shape index (κ3) is 1.97. The molecule has 1 aliphatic rings. The van der Waals surface area contributed by atoms with E-state index >= 15 is 0 Å². The second-order valence-corrected chi connectivity index (χ2v) is 4.88. The smallest absolute Gasteiger partial charge is 0.323 e. The highest BCUT2D eigenvalue weighted by Gasteiger charge is 2.33. The number of nitrogens with zero attached hydrogens (tertiary/aromatic N) is 1. The lowest BCUT2D eigenvalue weighted by molar-refractivity contribution is -0.133. The highest BCUT2D eigenvalue weighted by Crippen LogP contribution is 2.39. The SMILES string of the molecule is CN(C)c1ccc(C2C(=O)Oc3ccccc32)cc1. The molecule has 1 heterocycles. The zero-order valence-electron chi connectivity index (χ0n) is 11.0. The first kappa shape index (κ1) is 11.8. The Morgan fingerprint density at radius 1 is 1.00 bits per heavy atom.